The van der Waals surface area contributed by atoms with E-state index in [9.17, 15) is 0 Å². The summed E-state index contributed by atoms with van der Waals surface area (Å²) in [5.74, 6) is 0.693. The van der Waals surface area contributed by atoms with Gasteiger partial charge in [0.15, 0.2) is 0 Å². The van der Waals surface area contributed by atoms with Crippen LogP contribution in [0.2, 0.25) is 5.02 Å². The van der Waals surface area contributed by atoms with Crippen LogP contribution in [0.1, 0.15) is 5.56 Å². The summed E-state index contributed by atoms with van der Waals surface area (Å²) in [4.78, 5) is 4.55. The van der Waals surface area contributed by atoms with Crippen LogP contribution < -0.4 is 11.1 Å². The number of hydrogen-bond donors (Lipinski definition) is 2. The Morgan fingerprint density at radius 3 is 2.72 bits per heavy atom. The fourth-order valence-corrected chi connectivity index (χ4v) is 2.01. The van der Waals surface area contributed by atoms with Crippen molar-refractivity contribution in [2.75, 3.05) is 5.32 Å². The summed E-state index contributed by atoms with van der Waals surface area (Å²) in [6, 6.07) is 9.19. The van der Waals surface area contributed by atoms with Gasteiger partial charge >= 0.3 is 0 Å². The van der Waals surface area contributed by atoms with E-state index >= 15 is 0 Å². The van der Waals surface area contributed by atoms with Crippen LogP contribution >= 0.6 is 39.7 Å². The van der Waals surface area contributed by atoms with Crippen LogP contribution in [0.3, 0.4) is 0 Å². The lowest BCUT2D eigenvalue weighted by molar-refractivity contribution is 1.29. The predicted molar refractivity (Wildman–Crippen MR) is 82.6 cm³/mol. The molecule has 0 spiro atoms. The highest BCUT2D eigenvalue weighted by Gasteiger charge is 2.05. The zero-order valence-corrected chi connectivity index (χ0v) is 12.3. The van der Waals surface area contributed by atoms with Crippen molar-refractivity contribution >= 4 is 56.2 Å². The number of halogens is 2. The fraction of sp³-hybridized carbons (Fsp3) is 0. The van der Waals surface area contributed by atoms with E-state index in [0.29, 0.717) is 15.8 Å². The van der Waals surface area contributed by atoms with Crippen molar-refractivity contribution in [2.24, 2.45) is 5.73 Å². The van der Waals surface area contributed by atoms with Crippen molar-refractivity contribution in [3.63, 3.8) is 0 Å². The molecule has 6 heteroatoms. The zero-order chi connectivity index (χ0) is 13.1. The predicted octanol–water partition coefficient (Wildman–Crippen LogP) is 3.88. The van der Waals surface area contributed by atoms with Crippen LogP contribution in [0.5, 0.6) is 0 Å². The summed E-state index contributed by atoms with van der Waals surface area (Å²) < 4.78 is 0.798. The monoisotopic (exact) mass is 341 g/mol. The van der Waals surface area contributed by atoms with Crippen LogP contribution in [0.25, 0.3) is 0 Å². The minimum atomic E-state index is 0.331. The molecule has 0 unspecified atom stereocenters. The van der Waals surface area contributed by atoms with Crippen molar-refractivity contribution in [2.45, 2.75) is 0 Å². The average Bonchev–Trinajstić information content (AvgIpc) is 2.36. The summed E-state index contributed by atoms with van der Waals surface area (Å²) in [5, 5.41) is 3.79. The number of aromatic nitrogens is 1. The molecular formula is C12H9BrClN3S. The first-order chi connectivity index (χ1) is 8.58. The van der Waals surface area contributed by atoms with E-state index in [1.165, 1.54) is 0 Å². The van der Waals surface area contributed by atoms with Crippen LogP contribution in [-0.4, -0.2) is 9.97 Å². The normalized spacial score (nSPS) is 10.1. The molecule has 0 saturated carbocycles. The second kappa shape index (κ2) is 5.65. The lowest BCUT2D eigenvalue weighted by Crippen LogP contribution is -2.09. The Morgan fingerprint density at radius 2 is 2.11 bits per heavy atom. The van der Waals surface area contributed by atoms with Crippen LogP contribution in [0, 0.1) is 0 Å². The van der Waals surface area contributed by atoms with Crippen molar-refractivity contribution < 1.29 is 0 Å². The van der Waals surface area contributed by atoms with Gasteiger partial charge in [0.05, 0.1) is 15.2 Å². The number of anilines is 2. The van der Waals surface area contributed by atoms with Crippen LogP contribution in [0.4, 0.5) is 11.5 Å². The van der Waals surface area contributed by atoms with Gasteiger partial charge in [-0.3, -0.25) is 0 Å². The molecule has 0 aliphatic rings. The first-order valence-corrected chi connectivity index (χ1v) is 6.63. The van der Waals surface area contributed by atoms with Gasteiger partial charge < -0.3 is 11.1 Å². The molecule has 1 aromatic carbocycles. The molecule has 0 amide bonds. The Labute approximate surface area is 123 Å². The maximum Gasteiger partial charge on any atom is 0.130 e. The molecule has 2 rings (SSSR count). The highest BCUT2D eigenvalue weighted by molar-refractivity contribution is 9.10. The molecule has 1 aromatic heterocycles. The molecule has 0 aliphatic carbocycles. The minimum Gasteiger partial charge on any atom is -0.389 e. The summed E-state index contributed by atoms with van der Waals surface area (Å²) in [6.45, 7) is 0. The SMILES string of the molecule is NC(=S)c1ccc(Nc2cccc(Cl)c2Br)nc1. The number of benzene rings is 1. The number of nitrogens with two attached hydrogens (primary N) is 1. The second-order valence-corrected chi connectivity index (χ2v) is 5.16. The third-order valence-electron chi connectivity index (χ3n) is 2.26. The number of nitrogens with one attached hydrogen (secondary N) is 1. The van der Waals surface area contributed by atoms with Gasteiger partial charge in [-0.05, 0) is 40.2 Å². The van der Waals surface area contributed by atoms with Gasteiger partial charge in [-0.15, -0.1) is 0 Å². The lowest BCUT2D eigenvalue weighted by atomic mass is 10.2. The molecule has 2 aromatic rings. The van der Waals surface area contributed by atoms with Crippen LogP contribution in [0.15, 0.2) is 41.0 Å². The summed E-state index contributed by atoms with van der Waals surface area (Å²) >= 11 is 14.3. The molecule has 3 N–H and O–H groups in total. The van der Waals surface area contributed by atoms with E-state index in [2.05, 4.69) is 26.2 Å². The van der Waals surface area contributed by atoms with E-state index in [1.54, 1.807) is 12.3 Å². The van der Waals surface area contributed by atoms with Gasteiger partial charge in [0.25, 0.3) is 0 Å². The van der Waals surface area contributed by atoms with E-state index < -0.39 is 0 Å². The van der Waals surface area contributed by atoms with Crippen molar-refractivity contribution in [3.8, 4) is 0 Å². The van der Waals surface area contributed by atoms with Gasteiger partial charge in [0, 0.05) is 11.8 Å². The molecule has 0 saturated heterocycles. The Kier molecular flexibility index (Phi) is 4.16. The highest BCUT2D eigenvalue weighted by Crippen LogP contribution is 2.31. The lowest BCUT2D eigenvalue weighted by Gasteiger charge is -2.09. The Bertz CT molecular complexity index is 586. The van der Waals surface area contributed by atoms with Crippen molar-refractivity contribution in [3.05, 3.63) is 51.6 Å². The Hall–Kier alpha value is -1.17. The molecule has 0 radical (unpaired) electrons. The summed E-state index contributed by atoms with van der Waals surface area (Å²) in [7, 11) is 0. The number of rotatable bonds is 3. The van der Waals surface area contributed by atoms with E-state index in [-0.39, 0.29) is 0 Å². The molecular weight excluding hydrogens is 334 g/mol. The first kappa shape index (κ1) is 13.3. The third kappa shape index (κ3) is 2.98. The number of nitrogens with zero attached hydrogens (tertiary/aromatic N) is 1. The standard InChI is InChI=1S/C12H9BrClN3S/c13-11-8(14)2-1-3-9(11)17-10-5-4-7(6-16-10)12(15)18/h1-6H,(H2,15,18)(H,16,17). The van der Waals surface area contributed by atoms with Gasteiger partial charge in [-0.1, -0.05) is 29.9 Å². The van der Waals surface area contributed by atoms with Gasteiger partial charge in [-0.2, -0.15) is 0 Å². The Morgan fingerprint density at radius 1 is 1.33 bits per heavy atom. The Balaban J connectivity index is 2.24. The quantitative estimate of drug-likeness (QED) is 0.831. The van der Waals surface area contributed by atoms with Crippen molar-refractivity contribution in [1.82, 2.24) is 4.98 Å². The topological polar surface area (TPSA) is 50.9 Å². The van der Waals surface area contributed by atoms with Gasteiger partial charge in [-0.25, -0.2) is 4.98 Å². The second-order valence-electron chi connectivity index (χ2n) is 3.52. The van der Waals surface area contributed by atoms with E-state index in [0.717, 1.165) is 15.7 Å². The third-order valence-corrected chi connectivity index (χ3v) is 3.90. The molecule has 18 heavy (non-hydrogen) atoms. The van der Waals surface area contributed by atoms with Gasteiger partial charge in [0.1, 0.15) is 10.8 Å². The molecule has 0 atom stereocenters. The molecule has 3 nitrogen and oxygen atoms in total. The summed E-state index contributed by atoms with van der Waals surface area (Å²) in [5.41, 5.74) is 7.09. The van der Waals surface area contributed by atoms with Gasteiger partial charge in [0.2, 0.25) is 0 Å². The molecule has 92 valence electrons. The van der Waals surface area contributed by atoms with E-state index in [1.807, 2.05) is 24.3 Å². The first-order valence-electron chi connectivity index (χ1n) is 5.05. The van der Waals surface area contributed by atoms with E-state index in [4.69, 9.17) is 29.6 Å². The number of thiocarbonyl (C=S) groups is 1. The molecule has 0 fully saturated rings. The molecule has 0 aliphatic heterocycles. The number of hydrogen-bond acceptors (Lipinski definition) is 3. The maximum atomic E-state index is 6.01. The average molecular weight is 343 g/mol. The minimum absolute atomic E-state index is 0.331. The zero-order valence-electron chi connectivity index (χ0n) is 9.15. The highest BCUT2D eigenvalue weighted by atomic mass is 79.9. The molecule has 1 heterocycles. The number of pyridine rings is 1. The smallest absolute Gasteiger partial charge is 0.130 e. The molecule has 0 bridgehead atoms. The largest absolute Gasteiger partial charge is 0.389 e. The van der Waals surface area contributed by atoms with Crippen molar-refractivity contribution in [1.29, 1.82) is 0 Å². The fourth-order valence-electron chi connectivity index (χ4n) is 1.35. The summed E-state index contributed by atoms with van der Waals surface area (Å²) in [6.07, 6.45) is 1.63. The van der Waals surface area contributed by atoms with Crippen LogP contribution in [-0.2, 0) is 0 Å². The maximum absolute atomic E-state index is 6.01.